The Labute approximate surface area is 88.2 Å². The summed E-state index contributed by atoms with van der Waals surface area (Å²) >= 11 is 10.4. The van der Waals surface area contributed by atoms with Gasteiger partial charge in [0.1, 0.15) is 11.0 Å². The van der Waals surface area contributed by atoms with Gasteiger partial charge in [0.15, 0.2) is 0 Å². The molecule has 0 unspecified atom stereocenters. The molecule has 0 heterocycles. The van der Waals surface area contributed by atoms with Gasteiger partial charge in [0.05, 0.1) is 0 Å². The molecular formula is C6H7Cl2F3N2O. The van der Waals surface area contributed by atoms with Gasteiger partial charge in [-0.3, -0.25) is 0 Å². The van der Waals surface area contributed by atoms with E-state index in [-0.39, 0.29) is 11.0 Å². The monoisotopic (exact) mass is 250 g/mol. The molecule has 14 heavy (non-hydrogen) atoms. The van der Waals surface area contributed by atoms with Gasteiger partial charge >= 0.3 is 12.2 Å². The molecule has 2 N–H and O–H groups in total. The normalized spacial score (nSPS) is 10.6. The Kier molecular flexibility index (Phi) is 5.71. The fourth-order valence-electron chi connectivity index (χ4n) is 0.464. The maximum Gasteiger partial charge on any atom is 0.405 e. The molecule has 8 heteroatoms. The van der Waals surface area contributed by atoms with E-state index in [9.17, 15) is 18.0 Å². The molecule has 0 aromatic rings. The van der Waals surface area contributed by atoms with Crippen molar-refractivity contribution in [3.8, 4) is 0 Å². The van der Waals surface area contributed by atoms with Gasteiger partial charge < -0.3 is 10.6 Å². The van der Waals surface area contributed by atoms with Crippen molar-refractivity contribution in [3.63, 3.8) is 0 Å². The predicted molar refractivity (Wildman–Crippen MR) is 47.2 cm³/mol. The third-order valence-electron chi connectivity index (χ3n) is 0.968. The van der Waals surface area contributed by atoms with Crippen LogP contribution in [0.3, 0.4) is 0 Å². The second-order valence-electron chi connectivity index (χ2n) is 2.17. The smallest absolute Gasteiger partial charge is 0.335 e. The number of halogens is 5. The zero-order chi connectivity index (χ0) is 11.2. The van der Waals surface area contributed by atoms with Crippen LogP contribution in [0, 0.1) is 0 Å². The molecular weight excluding hydrogens is 244 g/mol. The standard InChI is InChI=1S/C6H7Cl2F3N2O/c7-4(8)1-2-12-5(14)13-3-6(9,10)11/h1H,2-3H2,(H2,12,13,14). The van der Waals surface area contributed by atoms with E-state index in [0.29, 0.717) is 0 Å². The summed E-state index contributed by atoms with van der Waals surface area (Å²) in [4.78, 5) is 10.6. The number of amides is 2. The second kappa shape index (κ2) is 5.98. The molecule has 0 saturated heterocycles. The Morgan fingerprint density at radius 2 is 1.86 bits per heavy atom. The highest BCUT2D eigenvalue weighted by atomic mass is 35.5. The van der Waals surface area contributed by atoms with Gasteiger partial charge in [-0.25, -0.2) is 4.79 Å². The molecule has 0 radical (unpaired) electrons. The summed E-state index contributed by atoms with van der Waals surface area (Å²) in [5.41, 5.74) is 0. The van der Waals surface area contributed by atoms with Crippen molar-refractivity contribution in [1.29, 1.82) is 0 Å². The van der Waals surface area contributed by atoms with E-state index in [4.69, 9.17) is 23.2 Å². The van der Waals surface area contributed by atoms with E-state index in [1.165, 1.54) is 6.08 Å². The molecule has 0 spiro atoms. The van der Waals surface area contributed by atoms with Crippen LogP contribution in [0.4, 0.5) is 18.0 Å². The number of hydrogen-bond donors (Lipinski definition) is 2. The summed E-state index contributed by atoms with van der Waals surface area (Å²) < 4.78 is 34.6. The minimum absolute atomic E-state index is 0.0357. The number of urea groups is 1. The van der Waals surface area contributed by atoms with E-state index in [1.54, 1.807) is 5.32 Å². The lowest BCUT2D eigenvalue weighted by Gasteiger charge is -2.08. The van der Waals surface area contributed by atoms with Crippen LogP contribution in [-0.4, -0.2) is 25.3 Å². The number of rotatable bonds is 3. The Morgan fingerprint density at radius 1 is 1.29 bits per heavy atom. The van der Waals surface area contributed by atoms with Crippen molar-refractivity contribution < 1.29 is 18.0 Å². The van der Waals surface area contributed by atoms with Crippen LogP contribution in [0.5, 0.6) is 0 Å². The van der Waals surface area contributed by atoms with Gasteiger partial charge in [-0.2, -0.15) is 13.2 Å². The van der Waals surface area contributed by atoms with E-state index in [2.05, 4.69) is 5.32 Å². The fraction of sp³-hybridized carbons (Fsp3) is 0.500. The van der Waals surface area contributed by atoms with Gasteiger partial charge in [-0.15, -0.1) is 0 Å². The lowest BCUT2D eigenvalue weighted by Crippen LogP contribution is -2.40. The molecule has 0 aromatic heterocycles. The van der Waals surface area contributed by atoms with Crippen molar-refractivity contribution in [1.82, 2.24) is 10.6 Å². The van der Waals surface area contributed by atoms with Gasteiger partial charge in [0.2, 0.25) is 0 Å². The topological polar surface area (TPSA) is 41.1 Å². The lowest BCUT2D eigenvalue weighted by molar-refractivity contribution is -0.122. The largest absolute Gasteiger partial charge is 0.405 e. The Balaban J connectivity index is 3.62. The van der Waals surface area contributed by atoms with Crippen molar-refractivity contribution in [2.24, 2.45) is 0 Å². The number of alkyl halides is 3. The minimum Gasteiger partial charge on any atom is -0.335 e. The summed E-state index contributed by atoms with van der Waals surface area (Å²) in [6.07, 6.45) is -3.19. The number of nitrogens with one attached hydrogen (secondary N) is 2. The van der Waals surface area contributed by atoms with E-state index >= 15 is 0 Å². The number of hydrogen-bond acceptors (Lipinski definition) is 1. The number of carbonyl (C=O) groups excluding carboxylic acids is 1. The summed E-state index contributed by atoms with van der Waals surface area (Å²) in [7, 11) is 0. The van der Waals surface area contributed by atoms with Crippen LogP contribution in [0.15, 0.2) is 10.6 Å². The van der Waals surface area contributed by atoms with Crippen LogP contribution in [0.2, 0.25) is 0 Å². The highest BCUT2D eigenvalue weighted by Gasteiger charge is 2.27. The fourth-order valence-corrected chi connectivity index (χ4v) is 0.618. The van der Waals surface area contributed by atoms with Crippen LogP contribution in [-0.2, 0) is 0 Å². The third kappa shape index (κ3) is 9.47. The van der Waals surface area contributed by atoms with Gasteiger partial charge in [-0.1, -0.05) is 23.2 Å². The zero-order valence-corrected chi connectivity index (χ0v) is 8.30. The summed E-state index contributed by atoms with van der Waals surface area (Å²) in [6, 6.07) is -0.937. The molecule has 0 atom stereocenters. The van der Waals surface area contributed by atoms with Gasteiger partial charge in [0.25, 0.3) is 0 Å². The first-order valence-electron chi connectivity index (χ1n) is 3.41. The molecule has 0 aliphatic heterocycles. The second-order valence-corrected chi connectivity index (χ2v) is 3.18. The molecule has 0 fully saturated rings. The van der Waals surface area contributed by atoms with Crippen LogP contribution in [0.25, 0.3) is 0 Å². The first-order valence-corrected chi connectivity index (χ1v) is 4.16. The van der Waals surface area contributed by atoms with Crippen molar-refractivity contribution in [3.05, 3.63) is 10.6 Å². The average molecular weight is 251 g/mol. The lowest BCUT2D eigenvalue weighted by atomic mass is 10.6. The highest BCUT2D eigenvalue weighted by molar-refractivity contribution is 6.55. The third-order valence-corrected chi connectivity index (χ3v) is 1.28. The highest BCUT2D eigenvalue weighted by Crippen LogP contribution is 2.11. The molecule has 0 aliphatic carbocycles. The van der Waals surface area contributed by atoms with Gasteiger partial charge in [0, 0.05) is 6.54 Å². The summed E-state index contributed by atoms with van der Waals surface area (Å²) in [6.45, 7) is -1.41. The zero-order valence-electron chi connectivity index (χ0n) is 6.79. The van der Waals surface area contributed by atoms with Crippen molar-refractivity contribution >= 4 is 29.2 Å². The molecule has 0 aromatic carbocycles. The van der Waals surface area contributed by atoms with Crippen LogP contribution < -0.4 is 10.6 Å². The van der Waals surface area contributed by atoms with E-state index in [0.717, 1.165) is 0 Å². The minimum atomic E-state index is -4.42. The summed E-state index contributed by atoms with van der Waals surface area (Å²) in [5.74, 6) is 0. The predicted octanol–water partition coefficient (Wildman–Crippen LogP) is 2.17. The molecule has 3 nitrogen and oxygen atoms in total. The summed E-state index contributed by atoms with van der Waals surface area (Å²) in [5, 5.41) is 3.70. The van der Waals surface area contributed by atoms with E-state index in [1.807, 2.05) is 0 Å². The van der Waals surface area contributed by atoms with E-state index < -0.39 is 18.8 Å². The van der Waals surface area contributed by atoms with Crippen LogP contribution in [0.1, 0.15) is 0 Å². The SMILES string of the molecule is O=C(NCC=C(Cl)Cl)NCC(F)(F)F. The maximum absolute atomic E-state index is 11.6. The molecule has 0 saturated carbocycles. The molecule has 0 rings (SSSR count). The van der Waals surface area contributed by atoms with Crippen molar-refractivity contribution in [2.75, 3.05) is 13.1 Å². The first-order chi connectivity index (χ1) is 6.31. The Morgan fingerprint density at radius 3 is 2.29 bits per heavy atom. The van der Waals surface area contributed by atoms with Crippen molar-refractivity contribution in [2.45, 2.75) is 6.18 Å². The Hall–Kier alpha value is -0.620. The molecule has 2 amide bonds. The maximum atomic E-state index is 11.6. The first kappa shape index (κ1) is 13.4. The Bertz CT molecular complexity index is 226. The molecule has 82 valence electrons. The molecule has 0 aliphatic rings. The quantitative estimate of drug-likeness (QED) is 0.792. The van der Waals surface area contributed by atoms with Gasteiger partial charge in [-0.05, 0) is 6.08 Å². The van der Waals surface area contributed by atoms with Crippen LogP contribution >= 0.6 is 23.2 Å². The molecule has 0 bridgehead atoms. The average Bonchev–Trinajstić information content (AvgIpc) is 1.99. The number of carbonyl (C=O) groups is 1.